The topological polar surface area (TPSA) is 231 Å². The number of carbonyl (C=O) groups excluding carboxylic acids is 2. The number of unbranched alkanes of at least 4 members (excludes halogenated alkanes) is 11. The average molecular weight is 991 g/mol. The molecular weight excluding hydrogens is 901 g/mol. The van der Waals surface area contributed by atoms with Crippen molar-refractivity contribution in [3.63, 3.8) is 0 Å². The SMILES string of the molecule is CC/C=C\C/C=C\C/C=C\C/C=C\CCCCC(=O)OC(COC(=O)CCCCCCCC/C=C\C/C=C\C/C=C\CCCCC)COC1OC(COC2OC(CO)C(O)C(O)C2O)C(O)C(O)C1O. The van der Waals surface area contributed by atoms with Crippen LogP contribution in [0.2, 0.25) is 0 Å². The van der Waals surface area contributed by atoms with Crippen LogP contribution >= 0.6 is 0 Å². The Hall–Kier alpha value is -3.32. The number of aliphatic hydroxyl groups excluding tert-OH is 7. The van der Waals surface area contributed by atoms with E-state index in [1.807, 2.05) is 0 Å². The van der Waals surface area contributed by atoms with Crippen LogP contribution in [0.25, 0.3) is 0 Å². The van der Waals surface area contributed by atoms with Crippen molar-refractivity contribution in [3.05, 3.63) is 85.1 Å². The molecular formula is C55H90O15. The molecule has 7 N–H and O–H groups in total. The molecule has 2 heterocycles. The molecule has 0 radical (unpaired) electrons. The number of carbonyl (C=O) groups is 2. The molecule has 400 valence electrons. The zero-order valence-corrected chi connectivity index (χ0v) is 42.2. The Bertz CT molecular complexity index is 1540. The van der Waals surface area contributed by atoms with Crippen molar-refractivity contribution < 1.29 is 73.8 Å². The van der Waals surface area contributed by atoms with Gasteiger partial charge in [0.05, 0.1) is 19.8 Å². The first-order valence-corrected chi connectivity index (χ1v) is 26.2. The molecule has 2 aliphatic rings. The Balaban J connectivity index is 1.82. The predicted molar refractivity (Wildman–Crippen MR) is 270 cm³/mol. The maximum atomic E-state index is 13.0. The van der Waals surface area contributed by atoms with E-state index in [0.29, 0.717) is 12.8 Å². The molecule has 0 saturated carbocycles. The van der Waals surface area contributed by atoms with Crippen molar-refractivity contribution in [1.82, 2.24) is 0 Å². The number of rotatable bonds is 39. The average Bonchev–Trinajstić information content (AvgIpc) is 3.35. The Kier molecular flexibility index (Phi) is 36.9. The molecule has 2 saturated heterocycles. The van der Waals surface area contributed by atoms with Gasteiger partial charge in [-0.05, 0) is 89.9 Å². The molecule has 0 aromatic heterocycles. The molecule has 15 nitrogen and oxygen atoms in total. The second-order valence-corrected chi connectivity index (χ2v) is 18.0. The van der Waals surface area contributed by atoms with Crippen LogP contribution in [0, 0.1) is 0 Å². The standard InChI is InChI=1S/C55H90O15/c1-3-5-7-9-11-13-15-17-19-20-21-22-24-25-27-29-31-33-35-37-46(57)65-40-43(68-47(58)38-36-34-32-30-28-26-23-18-16-14-12-10-8-6-4-2)41-66-54-53(64)51(62)49(60)45(70-54)42-67-55-52(63)50(61)48(59)44(39-56)69-55/h6,8,11-14,17-19,21-23,28,30,43-45,48-56,59-64H,3-5,7,9-10,15-16,20,24-27,29,31-42H2,1-2H3/b8-6-,13-11-,14-12-,19-17-,22-21-,23-18-,30-28-. The molecule has 0 aliphatic carbocycles. The first-order chi connectivity index (χ1) is 34.0. The van der Waals surface area contributed by atoms with Crippen molar-refractivity contribution in [2.45, 2.75) is 223 Å². The van der Waals surface area contributed by atoms with Crippen LogP contribution < -0.4 is 0 Å². The van der Waals surface area contributed by atoms with Gasteiger partial charge in [0.25, 0.3) is 0 Å². The van der Waals surface area contributed by atoms with Crippen LogP contribution in [0.15, 0.2) is 85.1 Å². The van der Waals surface area contributed by atoms with E-state index in [2.05, 4.69) is 98.9 Å². The summed E-state index contributed by atoms with van der Waals surface area (Å²) in [5.74, 6) is -0.996. The maximum Gasteiger partial charge on any atom is 0.306 e. The molecule has 0 aromatic carbocycles. The summed E-state index contributed by atoms with van der Waals surface area (Å²) >= 11 is 0. The Morgan fingerprint density at radius 3 is 1.44 bits per heavy atom. The van der Waals surface area contributed by atoms with Gasteiger partial charge in [-0.25, -0.2) is 0 Å². The second kappa shape index (κ2) is 41.2. The summed E-state index contributed by atoms with van der Waals surface area (Å²) < 4.78 is 33.5. The maximum absolute atomic E-state index is 13.0. The molecule has 70 heavy (non-hydrogen) atoms. The summed E-state index contributed by atoms with van der Waals surface area (Å²) in [6.45, 7) is 2.37. The van der Waals surface area contributed by atoms with Gasteiger partial charge in [-0.3, -0.25) is 9.59 Å². The smallest absolute Gasteiger partial charge is 0.306 e. The van der Waals surface area contributed by atoms with Gasteiger partial charge in [0, 0.05) is 12.8 Å². The normalized spacial score (nSPS) is 26.1. The number of allylic oxidation sites excluding steroid dienone is 14. The number of esters is 2. The van der Waals surface area contributed by atoms with Crippen molar-refractivity contribution in [3.8, 4) is 0 Å². The zero-order valence-electron chi connectivity index (χ0n) is 42.2. The summed E-state index contributed by atoms with van der Waals surface area (Å²) in [5.41, 5.74) is 0. The molecule has 0 aromatic rings. The van der Waals surface area contributed by atoms with Gasteiger partial charge in [-0.15, -0.1) is 0 Å². The lowest BCUT2D eigenvalue weighted by Gasteiger charge is -2.42. The summed E-state index contributed by atoms with van der Waals surface area (Å²) in [6.07, 6.45) is 33.2. The van der Waals surface area contributed by atoms with Crippen LogP contribution in [0.4, 0.5) is 0 Å². The third-order valence-corrected chi connectivity index (χ3v) is 11.9. The third-order valence-electron chi connectivity index (χ3n) is 11.9. The van der Waals surface area contributed by atoms with Gasteiger partial charge < -0.3 is 64.2 Å². The minimum Gasteiger partial charge on any atom is -0.462 e. The minimum absolute atomic E-state index is 0.105. The summed E-state index contributed by atoms with van der Waals surface area (Å²) in [4.78, 5) is 25.8. The summed E-state index contributed by atoms with van der Waals surface area (Å²) in [6, 6.07) is 0. The highest BCUT2D eigenvalue weighted by Gasteiger charge is 2.47. The van der Waals surface area contributed by atoms with Crippen molar-refractivity contribution in [1.29, 1.82) is 0 Å². The number of hydrogen-bond acceptors (Lipinski definition) is 15. The Morgan fingerprint density at radius 1 is 0.471 bits per heavy atom. The summed E-state index contributed by atoms with van der Waals surface area (Å²) in [7, 11) is 0. The van der Waals surface area contributed by atoms with Crippen molar-refractivity contribution >= 4 is 11.9 Å². The van der Waals surface area contributed by atoms with E-state index in [1.165, 1.54) is 25.7 Å². The second-order valence-electron chi connectivity index (χ2n) is 18.0. The zero-order chi connectivity index (χ0) is 51.0. The highest BCUT2D eigenvalue weighted by molar-refractivity contribution is 5.70. The van der Waals surface area contributed by atoms with Gasteiger partial charge in [0.2, 0.25) is 0 Å². The number of aliphatic hydroxyl groups is 7. The highest BCUT2D eigenvalue weighted by atomic mass is 16.7. The molecule has 2 fully saturated rings. The quantitative estimate of drug-likeness (QED) is 0.0179. The predicted octanol–water partition coefficient (Wildman–Crippen LogP) is 7.60. The lowest BCUT2D eigenvalue weighted by Crippen LogP contribution is -2.61. The Labute approximate surface area is 418 Å². The monoisotopic (exact) mass is 991 g/mol. The van der Waals surface area contributed by atoms with E-state index in [4.69, 9.17) is 28.4 Å². The van der Waals surface area contributed by atoms with E-state index in [-0.39, 0.29) is 19.4 Å². The fourth-order valence-corrected chi connectivity index (χ4v) is 7.57. The van der Waals surface area contributed by atoms with Crippen LogP contribution in [0.3, 0.4) is 0 Å². The number of hydrogen-bond donors (Lipinski definition) is 7. The first-order valence-electron chi connectivity index (χ1n) is 26.2. The fourth-order valence-electron chi connectivity index (χ4n) is 7.57. The molecule has 2 aliphatic heterocycles. The number of ether oxygens (including phenoxy) is 6. The molecule has 2 rings (SSSR count). The molecule has 11 atom stereocenters. The third kappa shape index (κ3) is 28.7. The van der Waals surface area contributed by atoms with E-state index in [9.17, 15) is 45.3 Å². The van der Waals surface area contributed by atoms with E-state index >= 15 is 0 Å². The fraction of sp³-hybridized carbons (Fsp3) is 0.709. The largest absolute Gasteiger partial charge is 0.462 e. The van der Waals surface area contributed by atoms with Crippen LogP contribution in [-0.4, -0.2) is 142 Å². The van der Waals surface area contributed by atoms with E-state index in [0.717, 1.165) is 89.9 Å². The van der Waals surface area contributed by atoms with Gasteiger partial charge in [0.1, 0.15) is 55.4 Å². The molecule has 15 heteroatoms. The van der Waals surface area contributed by atoms with E-state index < -0.39 is 99.3 Å². The summed E-state index contributed by atoms with van der Waals surface area (Å²) in [5, 5.41) is 72.1. The van der Waals surface area contributed by atoms with Crippen LogP contribution in [0.1, 0.15) is 155 Å². The lowest BCUT2D eigenvalue weighted by atomic mass is 9.98. The lowest BCUT2D eigenvalue weighted by molar-refractivity contribution is -0.332. The first kappa shape index (κ1) is 62.8. The van der Waals surface area contributed by atoms with Crippen molar-refractivity contribution in [2.24, 2.45) is 0 Å². The highest BCUT2D eigenvalue weighted by Crippen LogP contribution is 2.26. The van der Waals surface area contributed by atoms with Gasteiger partial charge >= 0.3 is 11.9 Å². The van der Waals surface area contributed by atoms with Gasteiger partial charge in [-0.1, -0.05) is 137 Å². The van der Waals surface area contributed by atoms with Gasteiger partial charge in [0.15, 0.2) is 18.7 Å². The van der Waals surface area contributed by atoms with Crippen LogP contribution in [0.5, 0.6) is 0 Å². The molecule has 0 amide bonds. The van der Waals surface area contributed by atoms with E-state index in [1.54, 1.807) is 0 Å². The Morgan fingerprint density at radius 2 is 0.900 bits per heavy atom. The minimum atomic E-state index is -1.78. The molecule has 0 spiro atoms. The van der Waals surface area contributed by atoms with Gasteiger partial charge in [-0.2, -0.15) is 0 Å². The van der Waals surface area contributed by atoms with Crippen molar-refractivity contribution in [2.75, 3.05) is 26.4 Å². The molecule has 11 unspecified atom stereocenters. The molecule has 0 bridgehead atoms. The van der Waals surface area contributed by atoms with Crippen LogP contribution in [-0.2, 0) is 38.0 Å².